The first kappa shape index (κ1) is 17.3. The predicted molar refractivity (Wildman–Crippen MR) is 94.1 cm³/mol. The molecule has 2 aromatic carbocycles. The number of carbonyl (C=O) groups excluding carboxylic acids is 1. The zero-order valence-corrected chi connectivity index (χ0v) is 14.0. The van der Waals surface area contributed by atoms with Crippen molar-refractivity contribution in [1.82, 2.24) is 0 Å². The third-order valence-corrected chi connectivity index (χ3v) is 4.52. The molecule has 2 rings (SSSR count). The number of nitrogens with one attached hydrogen (secondary N) is 1. The lowest BCUT2D eigenvalue weighted by Crippen LogP contribution is -2.14. The third kappa shape index (κ3) is 5.26. The van der Waals surface area contributed by atoms with Crippen LogP contribution in [-0.4, -0.2) is 16.6 Å². The SMILES string of the molecule is Cc1ccc(NC(=O)CSCc2ccc([N+](=O)[O-])cc2)cc1Cl. The molecule has 0 bridgehead atoms. The molecule has 0 atom stereocenters. The first-order valence-electron chi connectivity index (χ1n) is 6.83. The number of nitrogens with zero attached hydrogens (tertiary/aromatic N) is 1. The van der Waals surface area contributed by atoms with Gasteiger partial charge in [0.1, 0.15) is 0 Å². The number of nitro benzene ring substituents is 1. The number of thioether (sulfide) groups is 1. The highest BCUT2D eigenvalue weighted by Gasteiger charge is 2.06. The van der Waals surface area contributed by atoms with Crippen molar-refractivity contribution in [2.75, 3.05) is 11.1 Å². The molecule has 1 amide bonds. The number of anilines is 1. The quantitative estimate of drug-likeness (QED) is 0.618. The molecule has 1 N–H and O–H groups in total. The van der Waals surface area contributed by atoms with Gasteiger partial charge in [0.2, 0.25) is 5.91 Å². The third-order valence-electron chi connectivity index (χ3n) is 3.10. The first-order valence-corrected chi connectivity index (χ1v) is 8.36. The van der Waals surface area contributed by atoms with E-state index in [1.807, 2.05) is 13.0 Å². The molecule has 23 heavy (non-hydrogen) atoms. The second-order valence-corrected chi connectivity index (χ2v) is 6.32. The molecule has 0 radical (unpaired) electrons. The average Bonchev–Trinajstić information content (AvgIpc) is 2.51. The number of carbonyl (C=O) groups is 1. The van der Waals surface area contributed by atoms with E-state index >= 15 is 0 Å². The number of nitro groups is 1. The Labute approximate surface area is 143 Å². The van der Waals surface area contributed by atoms with Crippen molar-refractivity contribution in [3.05, 3.63) is 68.7 Å². The van der Waals surface area contributed by atoms with Gasteiger partial charge in [0.25, 0.3) is 5.69 Å². The molecule has 0 aliphatic carbocycles. The Morgan fingerprint density at radius 2 is 1.96 bits per heavy atom. The summed E-state index contributed by atoms with van der Waals surface area (Å²) < 4.78 is 0. The van der Waals surface area contributed by atoms with Gasteiger partial charge in [-0.25, -0.2) is 0 Å². The summed E-state index contributed by atoms with van der Waals surface area (Å²) in [6, 6.07) is 11.7. The largest absolute Gasteiger partial charge is 0.325 e. The molecule has 0 unspecified atom stereocenters. The summed E-state index contributed by atoms with van der Waals surface area (Å²) in [6.07, 6.45) is 0. The van der Waals surface area contributed by atoms with Gasteiger partial charge in [-0.1, -0.05) is 29.8 Å². The summed E-state index contributed by atoms with van der Waals surface area (Å²) in [5.41, 5.74) is 2.62. The molecule has 5 nitrogen and oxygen atoms in total. The summed E-state index contributed by atoms with van der Waals surface area (Å²) in [5, 5.41) is 14.0. The highest BCUT2D eigenvalue weighted by molar-refractivity contribution is 7.99. The van der Waals surface area contributed by atoms with E-state index in [0.29, 0.717) is 22.2 Å². The number of amides is 1. The number of hydrogen-bond acceptors (Lipinski definition) is 4. The lowest BCUT2D eigenvalue weighted by molar-refractivity contribution is -0.384. The van der Waals surface area contributed by atoms with Crippen molar-refractivity contribution >= 4 is 40.6 Å². The predicted octanol–water partition coefficient (Wildman–Crippen LogP) is 4.43. The van der Waals surface area contributed by atoms with Gasteiger partial charge < -0.3 is 5.32 Å². The summed E-state index contributed by atoms with van der Waals surface area (Å²) in [5.74, 6) is 0.791. The Hall–Kier alpha value is -2.05. The van der Waals surface area contributed by atoms with Crippen LogP contribution in [-0.2, 0) is 10.5 Å². The fourth-order valence-electron chi connectivity index (χ4n) is 1.84. The van der Waals surface area contributed by atoms with Crippen LogP contribution >= 0.6 is 23.4 Å². The standard InChI is InChI=1S/C16H15ClN2O3S/c1-11-2-5-13(8-15(11)17)18-16(20)10-23-9-12-3-6-14(7-4-12)19(21)22/h2-8H,9-10H2,1H3,(H,18,20). The van der Waals surface area contributed by atoms with Crippen LogP contribution in [0.15, 0.2) is 42.5 Å². The number of rotatable bonds is 6. The molecule has 0 aromatic heterocycles. The number of aryl methyl sites for hydroxylation is 1. The number of non-ortho nitro benzene ring substituents is 1. The maximum Gasteiger partial charge on any atom is 0.269 e. The Kier molecular flexibility index (Phi) is 6.01. The van der Waals surface area contributed by atoms with Gasteiger partial charge in [0, 0.05) is 28.6 Å². The van der Waals surface area contributed by atoms with Crippen LogP contribution in [0.1, 0.15) is 11.1 Å². The van der Waals surface area contributed by atoms with E-state index in [1.165, 1.54) is 23.9 Å². The summed E-state index contributed by atoms with van der Waals surface area (Å²) >= 11 is 7.45. The Morgan fingerprint density at radius 1 is 1.26 bits per heavy atom. The van der Waals surface area contributed by atoms with Gasteiger partial charge in [0.15, 0.2) is 0 Å². The van der Waals surface area contributed by atoms with Crippen LogP contribution < -0.4 is 5.32 Å². The highest BCUT2D eigenvalue weighted by Crippen LogP contribution is 2.21. The van der Waals surface area contributed by atoms with E-state index < -0.39 is 4.92 Å². The lowest BCUT2D eigenvalue weighted by atomic mass is 10.2. The minimum Gasteiger partial charge on any atom is -0.325 e. The minimum atomic E-state index is -0.433. The van der Waals surface area contributed by atoms with Gasteiger partial charge in [-0.2, -0.15) is 0 Å². The lowest BCUT2D eigenvalue weighted by Gasteiger charge is -2.07. The Balaban J connectivity index is 1.80. The van der Waals surface area contributed by atoms with Gasteiger partial charge in [-0.15, -0.1) is 11.8 Å². The molecular weight excluding hydrogens is 336 g/mol. The zero-order chi connectivity index (χ0) is 16.8. The maximum atomic E-state index is 11.9. The van der Waals surface area contributed by atoms with E-state index in [2.05, 4.69) is 5.32 Å². The van der Waals surface area contributed by atoms with Crippen molar-refractivity contribution in [3.8, 4) is 0 Å². The number of halogens is 1. The molecule has 0 saturated carbocycles. The van der Waals surface area contributed by atoms with Crippen molar-refractivity contribution in [2.24, 2.45) is 0 Å². The summed E-state index contributed by atoms with van der Waals surface area (Å²) in [7, 11) is 0. The number of benzene rings is 2. The van der Waals surface area contributed by atoms with Gasteiger partial charge >= 0.3 is 0 Å². The molecular formula is C16H15ClN2O3S. The van der Waals surface area contributed by atoms with E-state index in [4.69, 9.17) is 11.6 Å². The normalized spacial score (nSPS) is 10.3. The molecule has 7 heteroatoms. The second kappa shape index (κ2) is 7.99. The number of hydrogen-bond donors (Lipinski definition) is 1. The monoisotopic (exact) mass is 350 g/mol. The second-order valence-electron chi connectivity index (χ2n) is 4.93. The summed E-state index contributed by atoms with van der Waals surface area (Å²) in [4.78, 5) is 22.0. The van der Waals surface area contributed by atoms with Crippen LogP contribution in [0, 0.1) is 17.0 Å². The van der Waals surface area contributed by atoms with Crippen LogP contribution in [0.2, 0.25) is 5.02 Å². The average molecular weight is 351 g/mol. The Bertz CT molecular complexity index is 720. The molecule has 0 fully saturated rings. The fraction of sp³-hybridized carbons (Fsp3) is 0.188. The minimum absolute atomic E-state index is 0.0627. The smallest absolute Gasteiger partial charge is 0.269 e. The van der Waals surface area contributed by atoms with E-state index in [1.54, 1.807) is 24.3 Å². The van der Waals surface area contributed by atoms with Gasteiger partial charge in [-0.3, -0.25) is 14.9 Å². The van der Waals surface area contributed by atoms with Crippen LogP contribution in [0.3, 0.4) is 0 Å². The van der Waals surface area contributed by atoms with Crippen molar-refractivity contribution in [3.63, 3.8) is 0 Å². The molecule has 120 valence electrons. The molecule has 0 saturated heterocycles. The molecule has 0 aliphatic rings. The fourth-order valence-corrected chi connectivity index (χ4v) is 2.81. The zero-order valence-electron chi connectivity index (χ0n) is 12.4. The molecule has 0 aliphatic heterocycles. The first-order chi connectivity index (χ1) is 11.0. The molecule has 0 heterocycles. The van der Waals surface area contributed by atoms with Crippen molar-refractivity contribution in [2.45, 2.75) is 12.7 Å². The topological polar surface area (TPSA) is 72.2 Å². The Morgan fingerprint density at radius 3 is 2.57 bits per heavy atom. The highest BCUT2D eigenvalue weighted by atomic mass is 35.5. The molecule has 2 aromatic rings. The maximum absolute atomic E-state index is 11.9. The van der Waals surface area contributed by atoms with Crippen molar-refractivity contribution < 1.29 is 9.72 Å². The van der Waals surface area contributed by atoms with E-state index in [0.717, 1.165) is 11.1 Å². The van der Waals surface area contributed by atoms with Crippen LogP contribution in [0.4, 0.5) is 11.4 Å². The van der Waals surface area contributed by atoms with Gasteiger partial charge in [-0.05, 0) is 30.2 Å². The van der Waals surface area contributed by atoms with Crippen LogP contribution in [0.5, 0.6) is 0 Å². The van der Waals surface area contributed by atoms with Crippen molar-refractivity contribution in [1.29, 1.82) is 0 Å². The molecule has 0 spiro atoms. The summed E-state index contributed by atoms with van der Waals surface area (Å²) in [6.45, 7) is 1.90. The van der Waals surface area contributed by atoms with E-state index in [9.17, 15) is 14.9 Å². The van der Waals surface area contributed by atoms with Crippen LogP contribution in [0.25, 0.3) is 0 Å². The van der Waals surface area contributed by atoms with Gasteiger partial charge in [0.05, 0.1) is 10.7 Å². The van der Waals surface area contributed by atoms with E-state index in [-0.39, 0.29) is 11.6 Å².